The van der Waals surface area contributed by atoms with Gasteiger partial charge in [-0.1, -0.05) is 19.1 Å². The molecular formula is C14H18N2S. The second kappa shape index (κ2) is 5.43. The number of aromatic nitrogens is 1. The van der Waals surface area contributed by atoms with Crippen molar-refractivity contribution in [2.45, 2.75) is 27.3 Å². The molecule has 1 aromatic heterocycles. The number of aryl methyl sites for hydroxylation is 2. The molecule has 0 bridgehead atoms. The van der Waals surface area contributed by atoms with Gasteiger partial charge in [-0.2, -0.15) is 0 Å². The van der Waals surface area contributed by atoms with Gasteiger partial charge in [-0.05, 0) is 37.6 Å². The van der Waals surface area contributed by atoms with Crippen LogP contribution in [0.2, 0.25) is 0 Å². The Morgan fingerprint density at radius 1 is 1.24 bits per heavy atom. The fourth-order valence-electron chi connectivity index (χ4n) is 1.65. The van der Waals surface area contributed by atoms with Crippen molar-refractivity contribution in [3.8, 4) is 10.6 Å². The van der Waals surface area contributed by atoms with Gasteiger partial charge in [0.2, 0.25) is 0 Å². The molecule has 0 aliphatic heterocycles. The Morgan fingerprint density at radius 3 is 2.76 bits per heavy atom. The normalized spacial score (nSPS) is 10.8. The van der Waals surface area contributed by atoms with E-state index in [9.17, 15) is 0 Å². The molecule has 0 atom stereocenters. The zero-order chi connectivity index (χ0) is 12.3. The van der Waals surface area contributed by atoms with Crippen LogP contribution in [0, 0.1) is 13.8 Å². The Labute approximate surface area is 107 Å². The second-order valence-electron chi connectivity index (χ2n) is 4.21. The van der Waals surface area contributed by atoms with Crippen LogP contribution in [-0.2, 0) is 6.54 Å². The topological polar surface area (TPSA) is 24.9 Å². The van der Waals surface area contributed by atoms with Crippen molar-refractivity contribution in [2.75, 3.05) is 6.54 Å². The van der Waals surface area contributed by atoms with Crippen molar-refractivity contribution in [2.24, 2.45) is 0 Å². The lowest BCUT2D eigenvalue weighted by Crippen LogP contribution is -2.10. The predicted molar refractivity (Wildman–Crippen MR) is 74.4 cm³/mol. The average Bonchev–Trinajstić information content (AvgIpc) is 2.79. The van der Waals surface area contributed by atoms with Crippen molar-refractivity contribution in [1.29, 1.82) is 0 Å². The van der Waals surface area contributed by atoms with E-state index in [0.717, 1.165) is 18.1 Å². The van der Waals surface area contributed by atoms with Crippen molar-refractivity contribution in [1.82, 2.24) is 10.3 Å². The Kier molecular flexibility index (Phi) is 3.92. The van der Waals surface area contributed by atoms with E-state index in [0.29, 0.717) is 0 Å². The summed E-state index contributed by atoms with van der Waals surface area (Å²) in [5.74, 6) is 0. The van der Waals surface area contributed by atoms with Crippen molar-refractivity contribution in [3.63, 3.8) is 0 Å². The number of nitrogens with one attached hydrogen (secondary N) is 1. The zero-order valence-electron chi connectivity index (χ0n) is 10.6. The molecule has 0 unspecified atom stereocenters. The van der Waals surface area contributed by atoms with Crippen LogP contribution in [0.25, 0.3) is 10.6 Å². The number of thiazole rings is 1. The Hall–Kier alpha value is -1.19. The van der Waals surface area contributed by atoms with E-state index < -0.39 is 0 Å². The SMILES string of the molecule is CCNCc1cnc(-c2ccc(C)c(C)c2)s1. The highest BCUT2D eigenvalue weighted by Crippen LogP contribution is 2.26. The maximum Gasteiger partial charge on any atom is 0.123 e. The largest absolute Gasteiger partial charge is 0.312 e. The van der Waals surface area contributed by atoms with Gasteiger partial charge >= 0.3 is 0 Å². The molecule has 1 N–H and O–H groups in total. The van der Waals surface area contributed by atoms with Gasteiger partial charge in [-0.3, -0.25) is 0 Å². The van der Waals surface area contributed by atoms with Crippen LogP contribution in [0.4, 0.5) is 0 Å². The summed E-state index contributed by atoms with van der Waals surface area (Å²) in [5, 5.41) is 4.43. The monoisotopic (exact) mass is 246 g/mol. The van der Waals surface area contributed by atoms with E-state index in [4.69, 9.17) is 0 Å². The molecule has 0 saturated carbocycles. The van der Waals surface area contributed by atoms with Gasteiger partial charge in [0.25, 0.3) is 0 Å². The van der Waals surface area contributed by atoms with Gasteiger partial charge < -0.3 is 5.32 Å². The third-order valence-corrected chi connectivity index (χ3v) is 3.90. The molecule has 0 saturated heterocycles. The van der Waals surface area contributed by atoms with Crippen molar-refractivity contribution in [3.05, 3.63) is 40.4 Å². The van der Waals surface area contributed by atoms with Crippen LogP contribution in [-0.4, -0.2) is 11.5 Å². The van der Waals surface area contributed by atoms with Crippen LogP contribution in [0.5, 0.6) is 0 Å². The second-order valence-corrected chi connectivity index (χ2v) is 5.33. The number of hydrogen-bond donors (Lipinski definition) is 1. The number of benzene rings is 1. The molecule has 1 aromatic carbocycles. The van der Waals surface area contributed by atoms with Crippen LogP contribution >= 0.6 is 11.3 Å². The van der Waals surface area contributed by atoms with E-state index in [2.05, 4.69) is 49.3 Å². The molecule has 2 nitrogen and oxygen atoms in total. The summed E-state index contributed by atoms with van der Waals surface area (Å²) in [5.41, 5.74) is 3.88. The molecular weight excluding hydrogens is 228 g/mol. The average molecular weight is 246 g/mol. The first-order valence-electron chi connectivity index (χ1n) is 5.93. The summed E-state index contributed by atoms with van der Waals surface area (Å²) in [4.78, 5) is 5.78. The van der Waals surface area contributed by atoms with Gasteiger partial charge in [0, 0.05) is 23.2 Å². The molecule has 0 aliphatic carbocycles. The van der Waals surface area contributed by atoms with Gasteiger partial charge in [0.05, 0.1) is 0 Å². The Bertz CT molecular complexity index is 503. The quantitative estimate of drug-likeness (QED) is 0.892. The van der Waals surface area contributed by atoms with Gasteiger partial charge in [0.1, 0.15) is 5.01 Å². The number of rotatable bonds is 4. The van der Waals surface area contributed by atoms with Crippen molar-refractivity contribution >= 4 is 11.3 Å². The van der Waals surface area contributed by atoms with Crippen LogP contribution in [0.3, 0.4) is 0 Å². The molecule has 2 aromatic rings. The van der Waals surface area contributed by atoms with E-state index in [-0.39, 0.29) is 0 Å². The fourth-order valence-corrected chi connectivity index (χ4v) is 2.52. The first-order valence-corrected chi connectivity index (χ1v) is 6.75. The summed E-state index contributed by atoms with van der Waals surface area (Å²) in [6, 6.07) is 6.53. The lowest BCUT2D eigenvalue weighted by Gasteiger charge is -2.02. The maximum absolute atomic E-state index is 4.49. The minimum atomic E-state index is 0.916. The van der Waals surface area contributed by atoms with Gasteiger partial charge in [-0.25, -0.2) is 4.98 Å². The van der Waals surface area contributed by atoms with E-state index in [1.165, 1.54) is 21.6 Å². The molecule has 0 spiro atoms. The summed E-state index contributed by atoms with van der Waals surface area (Å²) in [6.45, 7) is 8.31. The first-order chi connectivity index (χ1) is 8.20. The molecule has 90 valence electrons. The highest BCUT2D eigenvalue weighted by molar-refractivity contribution is 7.15. The number of nitrogens with zero attached hydrogens (tertiary/aromatic N) is 1. The third kappa shape index (κ3) is 2.93. The van der Waals surface area contributed by atoms with Gasteiger partial charge in [0.15, 0.2) is 0 Å². The third-order valence-electron chi connectivity index (χ3n) is 2.86. The highest BCUT2D eigenvalue weighted by atomic mass is 32.1. The summed E-state index contributed by atoms with van der Waals surface area (Å²) < 4.78 is 0. The zero-order valence-corrected chi connectivity index (χ0v) is 11.4. The van der Waals surface area contributed by atoms with Gasteiger partial charge in [-0.15, -0.1) is 11.3 Å². The van der Waals surface area contributed by atoms with E-state index >= 15 is 0 Å². The molecule has 0 fully saturated rings. The van der Waals surface area contributed by atoms with Crippen LogP contribution < -0.4 is 5.32 Å². The standard InChI is InChI=1S/C14H18N2S/c1-4-15-8-13-9-16-14(17-13)12-6-5-10(2)11(3)7-12/h5-7,9,15H,4,8H2,1-3H3. The minimum absolute atomic E-state index is 0.916. The molecule has 0 radical (unpaired) electrons. The summed E-state index contributed by atoms with van der Waals surface area (Å²) in [6.07, 6.45) is 1.97. The summed E-state index contributed by atoms with van der Waals surface area (Å²) >= 11 is 1.77. The predicted octanol–water partition coefficient (Wildman–Crippen LogP) is 3.54. The maximum atomic E-state index is 4.49. The van der Waals surface area contributed by atoms with Crippen molar-refractivity contribution < 1.29 is 0 Å². The molecule has 3 heteroatoms. The lowest BCUT2D eigenvalue weighted by atomic mass is 10.1. The Morgan fingerprint density at radius 2 is 2.06 bits per heavy atom. The number of hydrogen-bond acceptors (Lipinski definition) is 3. The fraction of sp³-hybridized carbons (Fsp3) is 0.357. The smallest absolute Gasteiger partial charge is 0.123 e. The molecule has 2 rings (SSSR count). The van der Waals surface area contributed by atoms with Crippen LogP contribution in [0.15, 0.2) is 24.4 Å². The molecule has 17 heavy (non-hydrogen) atoms. The molecule has 0 aliphatic rings. The summed E-state index contributed by atoms with van der Waals surface area (Å²) in [7, 11) is 0. The molecule has 1 heterocycles. The molecule has 0 amide bonds. The lowest BCUT2D eigenvalue weighted by molar-refractivity contribution is 0.734. The van der Waals surface area contributed by atoms with Crippen LogP contribution in [0.1, 0.15) is 22.9 Å². The Balaban J connectivity index is 2.21. The highest BCUT2D eigenvalue weighted by Gasteiger charge is 2.05. The van der Waals surface area contributed by atoms with E-state index in [1.54, 1.807) is 11.3 Å². The minimum Gasteiger partial charge on any atom is -0.312 e. The first kappa shape index (κ1) is 12.3. The van der Waals surface area contributed by atoms with E-state index in [1.807, 2.05) is 6.20 Å².